The number of halogens is 1. The van der Waals surface area contributed by atoms with Gasteiger partial charge in [0.1, 0.15) is 5.78 Å². The molecule has 1 aromatic carbocycles. The Kier molecular flexibility index (Phi) is 3.57. The van der Waals surface area contributed by atoms with Crippen molar-refractivity contribution in [2.24, 2.45) is 5.92 Å². The van der Waals surface area contributed by atoms with Crippen molar-refractivity contribution in [3.8, 4) is 0 Å². The third-order valence-electron chi connectivity index (χ3n) is 3.08. The van der Waals surface area contributed by atoms with Crippen molar-refractivity contribution in [1.29, 1.82) is 0 Å². The molecule has 0 heterocycles. The van der Waals surface area contributed by atoms with Crippen molar-refractivity contribution in [3.63, 3.8) is 0 Å². The van der Waals surface area contributed by atoms with Crippen LogP contribution < -0.4 is 0 Å². The fourth-order valence-corrected chi connectivity index (χ4v) is 2.65. The molecule has 0 saturated heterocycles. The van der Waals surface area contributed by atoms with E-state index in [0.717, 1.165) is 36.6 Å². The molecule has 0 radical (unpaired) electrons. The first kappa shape index (κ1) is 10.9. The van der Waals surface area contributed by atoms with Gasteiger partial charge in [0.05, 0.1) is 0 Å². The average Bonchev–Trinajstić information content (AvgIpc) is 2.22. The summed E-state index contributed by atoms with van der Waals surface area (Å²) >= 11 is 3.48. The van der Waals surface area contributed by atoms with Gasteiger partial charge in [-0.15, -0.1) is 0 Å². The Labute approximate surface area is 99.0 Å². The van der Waals surface area contributed by atoms with Crippen molar-refractivity contribution in [2.45, 2.75) is 32.1 Å². The second-order valence-electron chi connectivity index (χ2n) is 4.32. The van der Waals surface area contributed by atoms with Gasteiger partial charge in [-0.1, -0.05) is 28.1 Å². The van der Waals surface area contributed by atoms with E-state index in [0.29, 0.717) is 11.7 Å². The number of hydrogen-bond acceptors (Lipinski definition) is 1. The number of ketones is 1. The Morgan fingerprint density at radius 1 is 1.27 bits per heavy atom. The zero-order valence-corrected chi connectivity index (χ0v) is 10.3. The molecule has 1 fully saturated rings. The second-order valence-corrected chi connectivity index (χ2v) is 5.23. The van der Waals surface area contributed by atoms with E-state index in [9.17, 15) is 4.79 Å². The van der Waals surface area contributed by atoms with Gasteiger partial charge in [-0.2, -0.15) is 0 Å². The van der Waals surface area contributed by atoms with Crippen molar-refractivity contribution in [1.82, 2.24) is 0 Å². The van der Waals surface area contributed by atoms with Gasteiger partial charge in [0.25, 0.3) is 0 Å². The molecule has 15 heavy (non-hydrogen) atoms. The van der Waals surface area contributed by atoms with Crippen LogP contribution in [0.1, 0.15) is 31.2 Å². The molecule has 0 aromatic heterocycles. The molecule has 1 aliphatic rings. The van der Waals surface area contributed by atoms with Crippen LogP contribution in [0.25, 0.3) is 0 Å². The molecule has 2 rings (SSSR count). The SMILES string of the molecule is O=C1CCC(Cc2cccc(Br)c2)CC1. The first-order chi connectivity index (χ1) is 7.24. The Hall–Kier alpha value is -0.630. The molecule has 1 nitrogen and oxygen atoms in total. The number of carbonyl (C=O) groups excluding carboxylic acids is 1. The van der Waals surface area contributed by atoms with Crippen LogP contribution in [0.4, 0.5) is 0 Å². The highest BCUT2D eigenvalue weighted by atomic mass is 79.9. The predicted octanol–water partition coefficient (Wildman–Crippen LogP) is 3.75. The number of hydrogen-bond donors (Lipinski definition) is 0. The van der Waals surface area contributed by atoms with Gasteiger partial charge >= 0.3 is 0 Å². The van der Waals surface area contributed by atoms with E-state index in [1.165, 1.54) is 5.56 Å². The zero-order valence-electron chi connectivity index (χ0n) is 8.71. The molecule has 0 bridgehead atoms. The first-order valence-electron chi connectivity index (χ1n) is 5.50. The molecule has 2 heteroatoms. The fourth-order valence-electron chi connectivity index (χ4n) is 2.20. The summed E-state index contributed by atoms with van der Waals surface area (Å²) in [7, 11) is 0. The van der Waals surface area contributed by atoms with E-state index in [-0.39, 0.29) is 0 Å². The minimum absolute atomic E-state index is 0.445. The summed E-state index contributed by atoms with van der Waals surface area (Å²) in [5.41, 5.74) is 1.38. The summed E-state index contributed by atoms with van der Waals surface area (Å²) in [5, 5.41) is 0. The summed E-state index contributed by atoms with van der Waals surface area (Å²) in [4.78, 5) is 11.1. The van der Waals surface area contributed by atoms with Gasteiger partial charge in [0.2, 0.25) is 0 Å². The van der Waals surface area contributed by atoms with E-state index in [4.69, 9.17) is 0 Å². The molecule has 0 unspecified atom stereocenters. The Morgan fingerprint density at radius 3 is 2.67 bits per heavy atom. The molecule has 1 aromatic rings. The lowest BCUT2D eigenvalue weighted by Gasteiger charge is -2.20. The van der Waals surface area contributed by atoms with Crippen LogP contribution >= 0.6 is 15.9 Å². The van der Waals surface area contributed by atoms with Crippen LogP contribution in [0.15, 0.2) is 28.7 Å². The Bertz CT molecular complexity index is 349. The Morgan fingerprint density at radius 2 is 2.00 bits per heavy atom. The lowest BCUT2D eigenvalue weighted by Crippen LogP contribution is -2.15. The van der Waals surface area contributed by atoms with E-state index in [1.54, 1.807) is 0 Å². The topological polar surface area (TPSA) is 17.1 Å². The van der Waals surface area contributed by atoms with Gasteiger partial charge in [-0.3, -0.25) is 4.79 Å². The molecule has 0 amide bonds. The van der Waals surface area contributed by atoms with Crippen LogP contribution in [-0.4, -0.2) is 5.78 Å². The number of benzene rings is 1. The van der Waals surface area contributed by atoms with Crippen molar-refractivity contribution in [3.05, 3.63) is 34.3 Å². The summed E-state index contributed by atoms with van der Waals surface area (Å²) in [6.45, 7) is 0. The van der Waals surface area contributed by atoms with Crippen molar-refractivity contribution < 1.29 is 4.79 Å². The van der Waals surface area contributed by atoms with Gasteiger partial charge < -0.3 is 0 Å². The summed E-state index contributed by atoms with van der Waals surface area (Å²) in [6, 6.07) is 8.47. The van der Waals surface area contributed by atoms with Crippen LogP contribution in [0.5, 0.6) is 0 Å². The first-order valence-corrected chi connectivity index (χ1v) is 6.29. The molecule has 1 saturated carbocycles. The molecule has 1 aliphatic carbocycles. The quantitative estimate of drug-likeness (QED) is 0.797. The third kappa shape index (κ3) is 3.16. The molecular formula is C13H15BrO. The summed E-state index contributed by atoms with van der Waals surface area (Å²) < 4.78 is 1.15. The highest BCUT2D eigenvalue weighted by molar-refractivity contribution is 9.10. The smallest absolute Gasteiger partial charge is 0.132 e. The van der Waals surface area contributed by atoms with Gasteiger partial charge in [0, 0.05) is 17.3 Å². The second kappa shape index (κ2) is 4.93. The maximum atomic E-state index is 11.1. The number of Topliss-reactive ketones (excluding diaryl/α,β-unsaturated/α-hetero) is 1. The third-order valence-corrected chi connectivity index (χ3v) is 3.57. The normalized spacial score (nSPS) is 18.1. The van der Waals surface area contributed by atoms with Crippen LogP contribution in [0.3, 0.4) is 0 Å². The van der Waals surface area contributed by atoms with Crippen molar-refractivity contribution >= 4 is 21.7 Å². The van der Waals surface area contributed by atoms with Crippen LogP contribution in [0.2, 0.25) is 0 Å². The fraction of sp³-hybridized carbons (Fsp3) is 0.462. The maximum absolute atomic E-state index is 11.1. The van der Waals surface area contributed by atoms with E-state index in [2.05, 4.69) is 34.1 Å². The average molecular weight is 267 g/mol. The lowest BCUT2D eigenvalue weighted by molar-refractivity contribution is -0.120. The highest BCUT2D eigenvalue weighted by Crippen LogP contribution is 2.25. The molecule has 0 N–H and O–H groups in total. The van der Waals surface area contributed by atoms with Gasteiger partial charge in [-0.25, -0.2) is 0 Å². The minimum Gasteiger partial charge on any atom is -0.300 e. The van der Waals surface area contributed by atoms with Gasteiger partial charge in [-0.05, 0) is 42.9 Å². The van der Waals surface area contributed by atoms with E-state index < -0.39 is 0 Å². The molecule has 0 spiro atoms. The minimum atomic E-state index is 0.445. The summed E-state index contributed by atoms with van der Waals surface area (Å²) in [6.07, 6.45) is 4.85. The van der Waals surface area contributed by atoms with Crippen LogP contribution in [0, 0.1) is 5.92 Å². The van der Waals surface area contributed by atoms with Crippen molar-refractivity contribution in [2.75, 3.05) is 0 Å². The lowest BCUT2D eigenvalue weighted by atomic mass is 9.84. The largest absolute Gasteiger partial charge is 0.300 e. The number of carbonyl (C=O) groups is 1. The summed E-state index contributed by atoms with van der Waals surface area (Å²) in [5.74, 6) is 1.15. The Balaban J connectivity index is 1.94. The molecule has 0 atom stereocenters. The predicted molar refractivity (Wildman–Crippen MR) is 64.8 cm³/mol. The molecular weight excluding hydrogens is 252 g/mol. The van der Waals surface area contributed by atoms with E-state index >= 15 is 0 Å². The van der Waals surface area contributed by atoms with Crippen LogP contribution in [-0.2, 0) is 11.2 Å². The highest BCUT2D eigenvalue weighted by Gasteiger charge is 2.18. The van der Waals surface area contributed by atoms with Gasteiger partial charge in [0.15, 0.2) is 0 Å². The van der Waals surface area contributed by atoms with E-state index in [1.807, 2.05) is 6.07 Å². The monoisotopic (exact) mass is 266 g/mol. The number of rotatable bonds is 2. The molecule has 0 aliphatic heterocycles. The maximum Gasteiger partial charge on any atom is 0.132 e. The standard InChI is InChI=1S/C13H15BrO/c14-12-3-1-2-11(9-12)8-10-4-6-13(15)7-5-10/h1-3,9-10H,4-8H2. The zero-order chi connectivity index (χ0) is 10.7. The molecule has 80 valence electrons.